The summed E-state index contributed by atoms with van der Waals surface area (Å²) in [5.74, 6) is 1.01. The van der Waals surface area contributed by atoms with Gasteiger partial charge in [0.2, 0.25) is 0 Å². The summed E-state index contributed by atoms with van der Waals surface area (Å²) in [5.41, 5.74) is 2.32. The second-order valence-electron chi connectivity index (χ2n) is 7.88. The number of fused-ring (bicyclic) bond motifs is 3. The molecule has 0 unspecified atom stereocenters. The molecule has 1 aromatic carbocycles. The normalized spacial score (nSPS) is 14.1. The van der Waals surface area contributed by atoms with Crippen molar-refractivity contribution in [3.05, 3.63) is 51.1 Å². The minimum Gasteiger partial charge on any atom is -0.268 e. The van der Waals surface area contributed by atoms with E-state index in [1.807, 2.05) is 34.9 Å². The molecule has 0 saturated heterocycles. The summed E-state index contributed by atoms with van der Waals surface area (Å²) in [4.78, 5) is 21.1. The Kier molecular flexibility index (Phi) is 7.09. The first kappa shape index (κ1) is 20.7. The van der Waals surface area contributed by atoms with Crippen LogP contribution < -0.4 is 5.56 Å². The van der Waals surface area contributed by atoms with Crippen molar-refractivity contribution in [3.63, 3.8) is 0 Å². The smallest absolute Gasteiger partial charge is 0.267 e. The number of benzene rings is 1. The standard InChI is InChI=1S/C24H30N2OS2/c1-2-3-4-5-12-17-28-24-25-22-21(19-15-10-7-11-16-20(19)29-22)23(27)26(24)18-13-8-6-9-14-18/h6,8-9,13-14H,2-5,7,10-12,15-17H2,1H3. The van der Waals surface area contributed by atoms with Crippen LogP contribution in [0.5, 0.6) is 0 Å². The largest absolute Gasteiger partial charge is 0.268 e. The number of hydrogen-bond donors (Lipinski definition) is 0. The highest BCUT2D eigenvalue weighted by Crippen LogP contribution is 2.34. The summed E-state index contributed by atoms with van der Waals surface area (Å²) in [6, 6.07) is 10.0. The second kappa shape index (κ2) is 9.94. The molecule has 3 aromatic rings. The minimum absolute atomic E-state index is 0.120. The molecule has 0 N–H and O–H groups in total. The van der Waals surface area contributed by atoms with Crippen LogP contribution in [0.25, 0.3) is 15.9 Å². The Hall–Kier alpha value is -1.59. The van der Waals surface area contributed by atoms with Crippen LogP contribution in [-0.4, -0.2) is 15.3 Å². The fourth-order valence-electron chi connectivity index (χ4n) is 4.13. The minimum atomic E-state index is 0.120. The zero-order chi connectivity index (χ0) is 20.1. The van der Waals surface area contributed by atoms with Crippen molar-refractivity contribution >= 4 is 33.3 Å². The van der Waals surface area contributed by atoms with E-state index in [-0.39, 0.29) is 5.56 Å². The SMILES string of the molecule is CCCCCCCSc1nc2sc3c(c2c(=O)n1-c1ccccc1)CCCCC3. The van der Waals surface area contributed by atoms with Crippen molar-refractivity contribution in [2.24, 2.45) is 0 Å². The van der Waals surface area contributed by atoms with Crippen molar-refractivity contribution in [1.29, 1.82) is 0 Å². The Morgan fingerprint density at radius 3 is 2.66 bits per heavy atom. The number of aromatic nitrogens is 2. The molecule has 29 heavy (non-hydrogen) atoms. The molecule has 0 spiro atoms. The van der Waals surface area contributed by atoms with Crippen LogP contribution in [0.1, 0.15) is 68.7 Å². The van der Waals surface area contributed by atoms with Crippen LogP contribution in [0.2, 0.25) is 0 Å². The predicted molar refractivity (Wildman–Crippen MR) is 126 cm³/mol. The Bertz CT molecular complexity index is 1010. The Morgan fingerprint density at radius 2 is 1.83 bits per heavy atom. The van der Waals surface area contributed by atoms with Crippen molar-refractivity contribution in [3.8, 4) is 5.69 Å². The molecule has 0 atom stereocenters. The molecular formula is C24H30N2OS2. The first-order chi connectivity index (χ1) is 14.3. The number of aryl methyl sites for hydroxylation is 2. The van der Waals surface area contributed by atoms with Crippen LogP contribution in [0, 0.1) is 0 Å². The zero-order valence-electron chi connectivity index (χ0n) is 17.3. The molecule has 0 radical (unpaired) electrons. The van der Waals surface area contributed by atoms with Crippen LogP contribution in [0.15, 0.2) is 40.3 Å². The van der Waals surface area contributed by atoms with E-state index in [1.54, 1.807) is 23.1 Å². The number of nitrogens with zero attached hydrogens (tertiary/aromatic N) is 2. The highest BCUT2D eigenvalue weighted by molar-refractivity contribution is 7.99. The molecule has 2 heterocycles. The van der Waals surface area contributed by atoms with Gasteiger partial charge in [0.1, 0.15) is 4.83 Å². The maximum atomic E-state index is 13.7. The molecule has 1 aliphatic carbocycles. The summed E-state index contributed by atoms with van der Waals surface area (Å²) in [5, 5.41) is 1.73. The molecule has 1 aliphatic rings. The molecule has 0 aliphatic heterocycles. The predicted octanol–water partition coefficient (Wildman–Crippen LogP) is 6.78. The number of para-hydroxylation sites is 1. The van der Waals surface area contributed by atoms with E-state index in [1.165, 1.54) is 61.8 Å². The lowest BCUT2D eigenvalue weighted by atomic mass is 10.1. The quantitative estimate of drug-likeness (QED) is 0.172. The first-order valence-corrected chi connectivity index (χ1v) is 12.9. The Balaban J connectivity index is 1.72. The average molecular weight is 427 g/mol. The lowest BCUT2D eigenvalue weighted by Crippen LogP contribution is -2.22. The summed E-state index contributed by atoms with van der Waals surface area (Å²) in [6.07, 6.45) is 12.1. The topological polar surface area (TPSA) is 34.9 Å². The molecule has 2 aromatic heterocycles. The van der Waals surface area contributed by atoms with Gasteiger partial charge in [-0.05, 0) is 49.8 Å². The number of thiophene rings is 1. The Labute approximate surface area is 181 Å². The highest BCUT2D eigenvalue weighted by Gasteiger charge is 2.22. The first-order valence-electron chi connectivity index (χ1n) is 11.0. The molecule has 5 heteroatoms. The monoisotopic (exact) mass is 426 g/mol. The highest BCUT2D eigenvalue weighted by atomic mass is 32.2. The third-order valence-electron chi connectivity index (χ3n) is 5.70. The maximum absolute atomic E-state index is 13.7. The summed E-state index contributed by atoms with van der Waals surface area (Å²) >= 11 is 3.50. The molecule has 3 nitrogen and oxygen atoms in total. The molecular weight excluding hydrogens is 396 g/mol. The van der Waals surface area contributed by atoms with Gasteiger partial charge in [-0.1, -0.05) is 69.0 Å². The summed E-state index contributed by atoms with van der Waals surface area (Å²) in [7, 11) is 0. The molecule has 0 fully saturated rings. The van der Waals surface area contributed by atoms with Gasteiger partial charge in [0, 0.05) is 10.6 Å². The molecule has 0 bridgehead atoms. The van der Waals surface area contributed by atoms with Crippen molar-refractivity contribution in [1.82, 2.24) is 9.55 Å². The number of hydrogen-bond acceptors (Lipinski definition) is 4. The number of rotatable bonds is 8. The van der Waals surface area contributed by atoms with Gasteiger partial charge in [0.25, 0.3) is 5.56 Å². The second-order valence-corrected chi connectivity index (χ2v) is 10.0. The van der Waals surface area contributed by atoms with Crippen LogP contribution in [0.3, 0.4) is 0 Å². The van der Waals surface area contributed by atoms with Gasteiger partial charge < -0.3 is 0 Å². The van der Waals surface area contributed by atoms with E-state index >= 15 is 0 Å². The zero-order valence-corrected chi connectivity index (χ0v) is 18.9. The number of unbranched alkanes of at least 4 members (excludes halogenated alkanes) is 4. The van der Waals surface area contributed by atoms with Gasteiger partial charge in [-0.15, -0.1) is 11.3 Å². The fourth-order valence-corrected chi connectivity index (χ4v) is 6.45. The van der Waals surface area contributed by atoms with Gasteiger partial charge in [-0.25, -0.2) is 4.98 Å². The van der Waals surface area contributed by atoms with Gasteiger partial charge >= 0.3 is 0 Å². The van der Waals surface area contributed by atoms with E-state index in [9.17, 15) is 4.79 Å². The van der Waals surface area contributed by atoms with Crippen LogP contribution in [0.4, 0.5) is 0 Å². The summed E-state index contributed by atoms with van der Waals surface area (Å²) in [6.45, 7) is 2.25. The van der Waals surface area contributed by atoms with E-state index in [2.05, 4.69) is 6.92 Å². The molecule has 0 amide bonds. The van der Waals surface area contributed by atoms with Gasteiger partial charge in [-0.3, -0.25) is 9.36 Å². The fraction of sp³-hybridized carbons (Fsp3) is 0.500. The van der Waals surface area contributed by atoms with Gasteiger partial charge in [-0.2, -0.15) is 0 Å². The lowest BCUT2D eigenvalue weighted by Gasteiger charge is -2.12. The third-order valence-corrected chi connectivity index (χ3v) is 7.91. The Morgan fingerprint density at radius 1 is 1.03 bits per heavy atom. The third kappa shape index (κ3) is 4.61. The van der Waals surface area contributed by atoms with E-state index in [0.717, 1.165) is 39.7 Å². The summed E-state index contributed by atoms with van der Waals surface area (Å²) < 4.78 is 1.86. The average Bonchev–Trinajstić information content (AvgIpc) is 2.92. The molecule has 154 valence electrons. The van der Waals surface area contributed by atoms with E-state index < -0.39 is 0 Å². The van der Waals surface area contributed by atoms with Crippen molar-refractivity contribution in [2.75, 3.05) is 5.75 Å². The lowest BCUT2D eigenvalue weighted by molar-refractivity contribution is 0.659. The van der Waals surface area contributed by atoms with Gasteiger partial charge in [0.05, 0.1) is 11.1 Å². The van der Waals surface area contributed by atoms with E-state index in [4.69, 9.17) is 4.98 Å². The van der Waals surface area contributed by atoms with Crippen LogP contribution >= 0.6 is 23.1 Å². The van der Waals surface area contributed by atoms with Gasteiger partial charge in [0.15, 0.2) is 5.16 Å². The molecule has 4 rings (SSSR count). The van der Waals surface area contributed by atoms with Crippen LogP contribution in [-0.2, 0) is 12.8 Å². The number of thioether (sulfide) groups is 1. The molecule has 0 saturated carbocycles. The van der Waals surface area contributed by atoms with E-state index in [0.29, 0.717) is 0 Å². The van der Waals surface area contributed by atoms with Crippen molar-refractivity contribution < 1.29 is 0 Å². The van der Waals surface area contributed by atoms with Crippen molar-refractivity contribution in [2.45, 2.75) is 76.3 Å². The maximum Gasteiger partial charge on any atom is 0.267 e.